The number of aryl methyl sites for hydroxylation is 2. The van der Waals surface area contributed by atoms with Gasteiger partial charge in [0.15, 0.2) is 0 Å². The van der Waals surface area contributed by atoms with Crippen molar-refractivity contribution in [2.45, 2.75) is 32.9 Å². The van der Waals surface area contributed by atoms with Crippen LogP contribution in [0.5, 0.6) is 0 Å². The van der Waals surface area contributed by atoms with E-state index in [4.69, 9.17) is 4.42 Å². The van der Waals surface area contributed by atoms with Crippen molar-refractivity contribution in [2.75, 3.05) is 6.54 Å². The van der Waals surface area contributed by atoms with Crippen LogP contribution in [0, 0.1) is 13.8 Å². The van der Waals surface area contributed by atoms with Gasteiger partial charge in [-0.1, -0.05) is 6.07 Å². The third kappa shape index (κ3) is 3.43. The van der Waals surface area contributed by atoms with E-state index < -0.39 is 5.60 Å². The summed E-state index contributed by atoms with van der Waals surface area (Å²) >= 11 is 0. The largest absolute Gasteiger partial charge is 0.466 e. The van der Waals surface area contributed by atoms with Crippen LogP contribution in [0.15, 0.2) is 34.9 Å². The maximum absolute atomic E-state index is 10.5. The van der Waals surface area contributed by atoms with Crippen molar-refractivity contribution >= 4 is 0 Å². The van der Waals surface area contributed by atoms with E-state index in [0.717, 1.165) is 22.8 Å². The number of pyridine rings is 1. The van der Waals surface area contributed by atoms with Crippen LogP contribution in [0.25, 0.3) is 0 Å². The summed E-state index contributed by atoms with van der Waals surface area (Å²) in [6.07, 6.45) is 1.76. The van der Waals surface area contributed by atoms with Gasteiger partial charge < -0.3 is 14.8 Å². The molecule has 0 aromatic carbocycles. The van der Waals surface area contributed by atoms with Gasteiger partial charge >= 0.3 is 0 Å². The van der Waals surface area contributed by atoms with Crippen molar-refractivity contribution in [3.05, 3.63) is 53.2 Å². The molecule has 102 valence electrons. The number of hydrogen-bond donors (Lipinski definition) is 2. The highest BCUT2D eigenvalue weighted by Gasteiger charge is 2.27. The van der Waals surface area contributed by atoms with Gasteiger partial charge in [-0.15, -0.1) is 0 Å². The molecule has 2 heterocycles. The summed E-state index contributed by atoms with van der Waals surface area (Å²) < 4.78 is 5.47. The molecule has 2 rings (SSSR count). The topological polar surface area (TPSA) is 58.3 Å². The van der Waals surface area contributed by atoms with E-state index in [1.807, 2.05) is 38.1 Å². The molecule has 0 saturated heterocycles. The Kier molecular flexibility index (Phi) is 4.02. The Labute approximate surface area is 113 Å². The molecule has 0 bridgehead atoms. The molecule has 0 fully saturated rings. The minimum atomic E-state index is -0.948. The smallest absolute Gasteiger partial charge is 0.107 e. The molecule has 2 aromatic rings. The van der Waals surface area contributed by atoms with Crippen LogP contribution in [0.1, 0.15) is 29.7 Å². The Morgan fingerprint density at radius 2 is 2.16 bits per heavy atom. The van der Waals surface area contributed by atoms with Gasteiger partial charge in [0.2, 0.25) is 0 Å². The summed E-state index contributed by atoms with van der Waals surface area (Å²) in [5.74, 6) is 1.58. The molecule has 4 nitrogen and oxygen atoms in total. The molecule has 1 atom stereocenters. The van der Waals surface area contributed by atoms with Crippen molar-refractivity contribution in [1.82, 2.24) is 10.3 Å². The molecular formula is C15H20N2O2. The standard InChI is InChI=1S/C15H20N2O2/c1-11-8-14(12(2)19-11)15(3,18)10-16-9-13-6-4-5-7-17-13/h4-8,16,18H,9-10H2,1-3H3. The van der Waals surface area contributed by atoms with Gasteiger partial charge in [0.05, 0.1) is 5.69 Å². The maximum atomic E-state index is 10.5. The molecule has 0 aliphatic rings. The Morgan fingerprint density at radius 1 is 1.37 bits per heavy atom. The molecule has 0 spiro atoms. The fourth-order valence-electron chi connectivity index (χ4n) is 2.20. The lowest BCUT2D eigenvalue weighted by atomic mass is 9.96. The van der Waals surface area contributed by atoms with Gasteiger partial charge in [-0.2, -0.15) is 0 Å². The summed E-state index contributed by atoms with van der Waals surface area (Å²) in [6, 6.07) is 7.68. The van der Waals surface area contributed by atoms with Gasteiger partial charge in [0, 0.05) is 24.8 Å². The summed E-state index contributed by atoms with van der Waals surface area (Å²) in [5.41, 5.74) is 0.841. The Balaban J connectivity index is 1.96. The molecule has 0 aliphatic carbocycles. The molecule has 2 aromatic heterocycles. The fraction of sp³-hybridized carbons (Fsp3) is 0.400. The average Bonchev–Trinajstić information content (AvgIpc) is 2.70. The predicted molar refractivity (Wildman–Crippen MR) is 73.7 cm³/mol. The lowest BCUT2D eigenvalue weighted by Gasteiger charge is -2.23. The first-order chi connectivity index (χ1) is 8.99. The summed E-state index contributed by atoms with van der Waals surface area (Å²) in [4.78, 5) is 4.23. The monoisotopic (exact) mass is 260 g/mol. The molecule has 2 N–H and O–H groups in total. The minimum absolute atomic E-state index is 0.448. The maximum Gasteiger partial charge on any atom is 0.107 e. The van der Waals surface area contributed by atoms with E-state index in [-0.39, 0.29) is 0 Å². The van der Waals surface area contributed by atoms with Crippen LogP contribution >= 0.6 is 0 Å². The van der Waals surface area contributed by atoms with E-state index in [2.05, 4.69) is 10.3 Å². The number of nitrogens with zero attached hydrogens (tertiary/aromatic N) is 1. The van der Waals surface area contributed by atoms with Gasteiger partial charge in [0.1, 0.15) is 17.1 Å². The lowest BCUT2D eigenvalue weighted by molar-refractivity contribution is 0.0551. The second-order valence-electron chi connectivity index (χ2n) is 5.03. The molecule has 0 amide bonds. The molecule has 0 aliphatic heterocycles. The number of aliphatic hydroxyl groups is 1. The van der Waals surface area contributed by atoms with Gasteiger partial charge in [-0.05, 0) is 39.0 Å². The molecule has 0 saturated carbocycles. The first-order valence-corrected chi connectivity index (χ1v) is 6.39. The summed E-state index contributed by atoms with van der Waals surface area (Å²) in [6.45, 7) is 6.62. The predicted octanol–water partition coefficient (Wildman–Crippen LogP) is 2.29. The third-order valence-electron chi connectivity index (χ3n) is 3.12. The van der Waals surface area contributed by atoms with Gasteiger partial charge in [0.25, 0.3) is 0 Å². The molecule has 4 heteroatoms. The van der Waals surface area contributed by atoms with Crippen LogP contribution < -0.4 is 5.32 Å². The quantitative estimate of drug-likeness (QED) is 0.866. The van der Waals surface area contributed by atoms with Crippen LogP contribution in [0.2, 0.25) is 0 Å². The van der Waals surface area contributed by atoms with Crippen molar-refractivity contribution in [1.29, 1.82) is 0 Å². The zero-order chi connectivity index (χ0) is 13.9. The van der Waals surface area contributed by atoms with Crippen molar-refractivity contribution in [3.63, 3.8) is 0 Å². The highest BCUT2D eigenvalue weighted by atomic mass is 16.3. The van der Waals surface area contributed by atoms with Crippen LogP contribution in [-0.2, 0) is 12.1 Å². The van der Waals surface area contributed by atoms with Gasteiger partial charge in [-0.3, -0.25) is 4.98 Å². The first kappa shape index (κ1) is 13.8. The second kappa shape index (κ2) is 5.55. The molecule has 19 heavy (non-hydrogen) atoms. The highest BCUT2D eigenvalue weighted by molar-refractivity contribution is 5.26. The van der Waals surface area contributed by atoms with Crippen LogP contribution in [0.3, 0.4) is 0 Å². The number of rotatable bonds is 5. The van der Waals surface area contributed by atoms with E-state index in [1.54, 1.807) is 13.1 Å². The number of aromatic nitrogens is 1. The van der Waals surface area contributed by atoms with Crippen molar-refractivity contribution in [2.24, 2.45) is 0 Å². The summed E-state index contributed by atoms with van der Waals surface area (Å²) in [7, 11) is 0. The minimum Gasteiger partial charge on any atom is -0.466 e. The molecular weight excluding hydrogens is 240 g/mol. The third-order valence-corrected chi connectivity index (χ3v) is 3.12. The van der Waals surface area contributed by atoms with Gasteiger partial charge in [-0.25, -0.2) is 0 Å². The van der Waals surface area contributed by atoms with E-state index in [1.165, 1.54) is 0 Å². The first-order valence-electron chi connectivity index (χ1n) is 6.39. The Bertz CT molecular complexity index is 532. The molecule has 1 unspecified atom stereocenters. The van der Waals surface area contributed by atoms with Crippen LogP contribution in [-0.4, -0.2) is 16.6 Å². The highest BCUT2D eigenvalue weighted by Crippen LogP contribution is 2.26. The van der Waals surface area contributed by atoms with Crippen molar-refractivity contribution < 1.29 is 9.52 Å². The summed E-state index contributed by atoms with van der Waals surface area (Å²) in [5, 5.41) is 13.7. The average molecular weight is 260 g/mol. The fourth-order valence-corrected chi connectivity index (χ4v) is 2.20. The normalized spacial score (nSPS) is 14.3. The van der Waals surface area contributed by atoms with Crippen molar-refractivity contribution in [3.8, 4) is 0 Å². The number of nitrogens with one attached hydrogen (secondary N) is 1. The zero-order valence-electron chi connectivity index (χ0n) is 11.6. The number of furan rings is 1. The Hall–Kier alpha value is -1.65. The molecule has 0 radical (unpaired) electrons. The Morgan fingerprint density at radius 3 is 2.74 bits per heavy atom. The second-order valence-corrected chi connectivity index (χ2v) is 5.03. The van der Waals surface area contributed by atoms with Crippen LogP contribution in [0.4, 0.5) is 0 Å². The SMILES string of the molecule is Cc1cc(C(C)(O)CNCc2ccccn2)c(C)o1. The van der Waals surface area contributed by atoms with E-state index >= 15 is 0 Å². The number of hydrogen-bond acceptors (Lipinski definition) is 4. The van der Waals surface area contributed by atoms with E-state index in [9.17, 15) is 5.11 Å². The lowest BCUT2D eigenvalue weighted by Crippen LogP contribution is -2.35. The zero-order valence-corrected chi connectivity index (χ0v) is 11.6. The van der Waals surface area contributed by atoms with E-state index in [0.29, 0.717) is 13.1 Å².